The molecule has 2 aromatic rings. The topological polar surface area (TPSA) is 111 Å². The fourth-order valence-electron chi connectivity index (χ4n) is 2.01. The first-order valence-corrected chi connectivity index (χ1v) is 7.95. The molecule has 2 rings (SSSR count). The molecule has 2 N–H and O–H groups in total. The van der Waals surface area contributed by atoms with E-state index >= 15 is 0 Å². The molecular weight excluding hydrogens is 385 g/mol. The molecule has 2 aromatic carbocycles. The Hall–Kier alpha value is -2.84. The van der Waals surface area contributed by atoms with Gasteiger partial charge in [-0.1, -0.05) is 23.2 Å². The molecule has 10 heteroatoms. The van der Waals surface area contributed by atoms with Crippen molar-refractivity contribution in [2.24, 2.45) is 0 Å². The highest BCUT2D eigenvalue weighted by Crippen LogP contribution is 2.25. The van der Waals surface area contributed by atoms with Crippen LogP contribution in [0.15, 0.2) is 36.4 Å². The Morgan fingerprint density at radius 1 is 1.15 bits per heavy atom. The Kier molecular flexibility index (Phi) is 6.37. The lowest BCUT2D eigenvalue weighted by Crippen LogP contribution is -2.21. The van der Waals surface area contributed by atoms with E-state index in [0.29, 0.717) is 16.4 Å². The number of non-ortho nitro benzene ring substituents is 1. The van der Waals surface area contributed by atoms with Gasteiger partial charge >= 0.3 is 5.97 Å². The van der Waals surface area contributed by atoms with Gasteiger partial charge in [0.25, 0.3) is 11.6 Å². The number of benzene rings is 2. The van der Waals surface area contributed by atoms with Crippen molar-refractivity contribution in [1.82, 2.24) is 0 Å². The summed E-state index contributed by atoms with van der Waals surface area (Å²) in [5.41, 5.74) is 0.400. The van der Waals surface area contributed by atoms with Crippen LogP contribution >= 0.6 is 23.2 Å². The predicted octanol–water partition coefficient (Wildman–Crippen LogP) is 3.74. The summed E-state index contributed by atoms with van der Waals surface area (Å²) < 4.78 is 4.92. The molecule has 0 saturated carbocycles. The van der Waals surface area contributed by atoms with Crippen LogP contribution in [0, 0.1) is 10.1 Å². The predicted molar refractivity (Wildman–Crippen MR) is 98.0 cm³/mol. The Balaban J connectivity index is 2.03. The third-order valence-corrected chi connectivity index (χ3v) is 3.98. The normalized spacial score (nSPS) is 10.1. The number of rotatable bonds is 6. The Labute approximate surface area is 158 Å². The number of amides is 1. The van der Waals surface area contributed by atoms with Crippen molar-refractivity contribution < 1.29 is 19.2 Å². The minimum atomic E-state index is -0.873. The maximum Gasteiger partial charge on any atom is 0.341 e. The third-order valence-electron chi connectivity index (χ3n) is 3.24. The zero-order valence-corrected chi connectivity index (χ0v) is 14.9. The number of carbonyl (C=O) groups is 2. The number of hydrogen-bond donors (Lipinski definition) is 2. The van der Waals surface area contributed by atoms with Crippen LogP contribution < -0.4 is 10.6 Å². The molecule has 0 radical (unpaired) electrons. The molecule has 0 bridgehead atoms. The van der Waals surface area contributed by atoms with E-state index in [9.17, 15) is 19.7 Å². The SMILES string of the molecule is CNc1ccc([N+](=O)[O-])cc1C(=O)OCC(=O)Nc1ccc(Cl)c(Cl)c1. The number of anilines is 2. The summed E-state index contributed by atoms with van der Waals surface area (Å²) in [5.74, 6) is -1.48. The van der Waals surface area contributed by atoms with Crippen molar-refractivity contribution in [2.75, 3.05) is 24.3 Å². The summed E-state index contributed by atoms with van der Waals surface area (Å²) in [5, 5.41) is 16.7. The molecule has 8 nitrogen and oxygen atoms in total. The van der Waals surface area contributed by atoms with Crippen LogP contribution in [0.25, 0.3) is 0 Å². The van der Waals surface area contributed by atoms with E-state index in [1.807, 2.05) is 0 Å². The fraction of sp³-hybridized carbons (Fsp3) is 0.125. The largest absolute Gasteiger partial charge is 0.452 e. The standard InChI is InChI=1S/C16H13Cl2N3O5/c1-19-14-5-3-10(21(24)25)7-11(14)16(23)26-8-15(22)20-9-2-4-12(17)13(18)6-9/h2-7,19H,8H2,1H3,(H,20,22). The minimum Gasteiger partial charge on any atom is -0.452 e. The summed E-state index contributed by atoms with van der Waals surface area (Å²) in [7, 11) is 1.55. The number of nitrogens with one attached hydrogen (secondary N) is 2. The van der Waals surface area contributed by atoms with Crippen molar-refractivity contribution >= 4 is 52.1 Å². The molecule has 0 heterocycles. The number of halogens is 2. The molecule has 0 aliphatic heterocycles. The first-order chi connectivity index (χ1) is 12.3. The lowest BCUT2D eigenvalue weighted by molar-refractivity contribution is -0.384. The lowest BCUT2D eigenvalue weighted by atomic mass is 10.1. The minimum absolute atomic E-state index is 0.0518. The molecule has 136 valence electrons. The summed E-state index contributed by atoms with van der Waals surface area (Å²) >= 11 is 11.6. The Bertz CT molecular complexity index is 873. The van der Waals surface area contributed by atoms with Gasteiger partial charge in [-0.3, -0.25) is 14.9 Å². The van der Waals surface area contributed by atoms with Crippen LogP contribution in [0.2, 0.25) is 10.0 Å². The molecule has 26 heavy (non-hydrogen) atoms. The quantitative estimate of drug-likeness (QED) is 0.436. The second-order valence-electron chi connectivity index (χ2n) is 4.99. The number of nitro benzene ring substituents is 1. The van der Waals surface area contributed by atoms with Crippen LogP contribution in [-0.2, 0) is 9.53 Å². The van der Waals surface area contributed by atoms with Gasteiger partial charge in [0.1, 0.15) is 0 Å². The first kappa shape index (κ1) is 19.5. The highest BCUT2D eigenvalue weighted by molar-refractivity contribution is 6.42. The number of esters is 1. The van der Waals surface area contributed by atoms with Crippen LogP contribution in [0.4, 0.5) is 17.1 Å². The van der Waals surface area contributed by atoms with Crippen molar-refractivity contribution in [1.29, 1.82) is 0 Å². The first-order valence-electron chi connectivity index (χ1n) is 7.20. The average molecular weight is 398 g/mol. The molecule has 1 amide bonds. The smallest absolute Gasteiger partial charge is 0.341 e. The van der Waals surface area contributed by atoms with Crippen LogP contribution in [0.3, 0.4) is 0 Å². The Morgan fingerprint density at radius 2 is 1.88 bits per heavy atom. The van der Waals surface area contributed by atoms with E-state index in [-0.39, 0.29) is 16.3 Å². The van der Waals surface area contributed by atoms with Gasteiger partial charge in [-0.15, -0.1) is 0 Å². The molecule has 0 aliphatic rings. The van der Waals surface area contributed by atoms with Crippen molar-refractivity contribution in [3.8, 4) is 0 Å². The zero-order chi connectivity index (χ0) is 19.3. The number of hydrogen-bond acceptors (Lipinski definition) is 6. The van der Waals surface area contributed by atoms with E-state index in [1.165, 1.54) is 30.3 Å². The van der Waals surface area contributed by atoms with Crippen molar-refractivity contribution in [3.05, 3.63) is 62.1 Å². The van der Waals surface area contributed by atoms with E-state index in [1.54, 1.807) is 7.05 Å². The Morgan fingerprint density at radius 3 is 2.50 bits per heavy atom. The highest BCUT2D eigenvalue weighted by atomic mass is 35.5. The zero-order valence-electron chi connectivity index (χ0n) is 13.4. The fourth-order valence-corrected chi connectivity index (χ4v) is 2.31. The summed E-state index contributed by atoms with van der Waals surface area (Å²) in [6, 6.07) is 8.19. The van der Waals surface area contributed by atoms with Gasteiger partial charge in [0.15, 0.2) is 6.61 Å². The summed E-state index contributed by atoms with van der Waals surface area (Å²) in [6.45, 7) is -0.578. The van der Waals surface area contributed by atoms with Gasteiger partial charge in [0.2, 0.25) is 0 Å². The van der Waals surface area contributed by atoms with Gasteiger partial charge in [-0.25, -0.2) is 4.79 Å². The van der Waals surface area contributed by atoms with E-state index in [4.69, 9.17) is 27.9 Å². The molecule has 0 spiro atoms. The number of nitrogens with zero attached hydrogens (tertiary/aromatic N) is 1. The molecule has 0 fully saturated rings. The van der Waals surface area contributed by atoms with Crippen molar-refractivity contribution in [3.63, 3.8) is 0 Å². The van der Waals surface area contributed by atoms with Crippen LogP contribution in [0.1, 0.15) is 10.4 Å². The van der Waals surface area contributed by atoms with Crippen LogP contribution in [-0.4, -0.2) is 30.5 Å². The molecule has 0 aliphatic carbocycles. The molecule has 0 atom stereocenters. The monoisotopic (exact) mass is 397 g/mol. The second kappa shape index (κ2) is 8.50. The number of nitro groups is 1. The van der Waals surface area contributed by atoms with E-state index in [2.05, 4.69) is 10.6 Å². The van der Waals surface area contributed by atoms with E-state index in [0.717, 1.165) is 6.07 Å². The van der Waals surface area contributed by atoms with Gasteiger partial charge < -0.3 is 15.4 Å². The van der Waals surface area contributed by atoms with E-state index < -0.39 is 23.4 Å². The average Bonchev–Trinajstić information content (AvgIpc) is 2.62. The molecule has 0 unspecified atom stereocenters. The second-order valence-corrected chi connectivity index (χ2v) is 5.80. The van der Waals surface area contributed by atoms with Gasteiger partial charge in [0, 0.05) is 30.6 Å². The lowest BCUT2D eigenvalue weighted by Gasteiger charge is -2.10. The maximum atomic E-state index is 12.2. The number of ether oxygens (including phenoxy) is 1. The third kappa shape index (κ3) is 4.84. The summed E-state index contributed by atoms with van der Waals surface area (Å²) in [4.78, 5) is 34.3. The molecular formula is C16H13Cl2N3O5. The van der Waals surface area contributed by atoms with Crippen molar-refractivity contribution in [2.45, 2.75) is 0 Å². The molecule has 0 saturated heterocycles. The van der Waals surface area contributed by atoms with Gasteiger partial charge in [-0.05, 0) is 24.3 Å². The maximum absolute atomic E-state index is 12.2. The molecule has 0 aromatic heterocycles. The highest BCUT2D eigenvalue weighted by Gasteiger charge is 2.18. The van der Waals surface area contributed by atoms with Crippen LogP contribution in [0.5, 0.6) is 0 Å². The number of carbonyl (C=O) groups excluding carboxylic acids is 2. The summed E-state index contributed by atoms with van der Waals surface area (Å²) in [6.07, 6.45) is 0. The van der Waals surface area contributed by atoms with Gasteiger partial charge in [-0.2, -0.15) is 0 Å². The van der Waals surface area contributed by atoms with Gasteiger partial charge in [0.05, 0.1) is 20.5 Å².